The van der Waals surface area contributed by atoms with Crippen LogP contribution >= 0.6 is 11.3 Å². The molecule has 0 atom stereocenters. The van der Waals surface area contributed by atoms with Crippen LogP contribution in [-0.4, -0.2) is 18.8 Å². The predicted molar refractivity (Wildman–Crippen MR) is 82.6 cm³/mol. The summed E-state index contributed by atoms with van der Waals surface area (Å²) in [6.45, 7) is 2.07. The van der Waals surface area contributed by atoms with Crippen molar-refractivity contribution in [2.75, 3.05) is 18.6 Å². The van der Waals surface area contributed by atoms with Gasteiger partial charge in [0.05, 0.1) is 25.9 Å². The largest absolute Gasteiger partial charge is 0.495 e. The number of thiophene rings is 1. The maximum atomic E-state index is 9.17. The van der Waals surface area contributed by atoms with Crippen molar-refractivity contribution in [1.82, 2.24) is 0 Å². The lowest BCUT2D eigenvalue weighted by atomic mass is 10.0. The average Bonchev–Trinajstić information content (AvgIpc) is 2.94. The molecule has 0 spiro atoms. The Morgan fingerprint density at radius 2 is 2.10 bits per heavy atom. The number of hydrogen-bond donors (Lipinski definition) is 1. The first-order valence-corrected chi connectivity index (χ1v) is 7.72. The number of para-hydroxylation sites is 1. The maximum Gasteiger partial charge on any atom is 0.142 e. The fourth-order valence-corrected chi connectivity index (χ4v) is 3.70. The van der Waals surface area contributed by atoms with Gasteiger partial charge in [-0.3, -0.25) is 0 Å². The molecule has 2 heterocycles. The Bertz CT molecular complexity index is 580. The second-order valence-corrected chi connectivity index (χ2v) is 6.27. The van der Waals surface area contributed by atoms with Gasteiger partial charge in [0.15, 0.2) is 0 Å². The number of aryl methyl sites for hydroxylation is 1. The molecule has 0 aliphatic carbocycles. The molecule has 3 nitrogen and oxygen atoms in total. The summed E-state index contributed by atoms with van der Waals surface area (Å²) in [6.07, 6.45) is 2.30. The molecule has 1 aliphatic heterocycles. The van der Waals surface area contributed by atoms with Gasteiger partial charge >= 0.3 is 0 Å². The minimum absolute atomic E-state index is 0.130. The lowest BCUT2D eigenvalue weighted by Crippen LogP contribution is -2.28. The van der Waals surface area contributed by atoms with Crippen LogP contribution in [0.1, 0.15) is 21.7 Å². The maximum absolute atomic E-state index is 9.17. The third kappa shape index (κ3) is 2.53. The number of aliphatic hydroxyl groups excluding tert-OH is 1. The van der Waals surface area contributed by atoms with E-state index in [1.54, 1.807) is 18.4 Å². The smallest absolute Gasteiger partial charge is 0.142 e. The number of benzene rings is 1. The monoisotopic (exact) mass is 289 g/mol. The Labute approximate surface area is 123 Å². The van der Waals surface area contributed by atoms with Crippen LogP contribution in [0.4, 0.5) is 5.69 Å². The van der Waals surface area contributed by atoms with Crippen molar-refractivity contribution in [3.63, 3.8) is 0 Å². The Morgan fingerprint density at radius 3 is 2.85 bits per heavy atom. The third-order valence-electron chi connectivity index (χ3n) is 3.71. The zero-order chi connectivity index (χ0) is 13.9. The summed E-state index contributed by atoms with van der Waals surface area (Å²) in [4.78, 5) is 4.70. The molecule has 1 aromatic carbocycles. The molecule has 106 valence electrons. The van der Waals surface area contributed by atoms with E-state index in [9.17, 15) is 5.11 Å². The first-order chi connectivity index (χ1) is 9.81. The van der Waals surface area contributed by atoms with E-state index in [1.807, 2.05) is 12.1 Å². The van der Waals surface area contributed by atoms with Crippen LogP contribution in [0.15, 0.2) is 30.3 Å². The summed E-state index contributed by atoms with van der Waals surface area (Å²) in [6, 6.07) is 10.4. The van der Waals surface area contributed by atoms with Gasteiger partial charge in [-0.1, -0.05) is 12.1 Å². The summed E-state index contributed by atoms with van der Waals surface area (Å²) in [5.41, 5.74) is 2.61. The molecule has 3 rings (SSSR count). The van der Waals surface area contributed by atoms with Gasteiger partial charge in [0.25, 0.3) is 0 Å². The van der Waals surface area contributed by atoms with Crippen molar-refractivity contribution in [2.24, 2.45) is 0 Å². The average molecular weight is 289 g/mol. The third-order valence-corrected chi connectivity index (χ3v) is 4.77. The van der Waals surface area contributed by atoms with E-state index in [1.165, 1.54) is 22.5 Å². The molecule has 0 saturated carbocycles. The van der Waals surface area contributed by atoms with Crippen molar-refractivity contribution < 1.29 is 9.84 Å². The summed E-state index contributed by atoms with van der Waals surface area (Å²) in [5, 5.41) is 9.17. The number of rotatable bonds is 4. The van der Waals surface area contributed by atoms with Gasteiger partial charge in [0.1, 0.15) is 5.75 Å². The fraction of sp³-hybridized carbons (Fsp3) is 0.375. The second kappa shape index (κ2) is 5.85. The molecule has 0 saturated heterocycles. The molecule has 4 heteroatoms. The highest BCUT2D eigenvalue weighted by molar-refractivity contribution is 7.11. The SMILES string of the molecule is COc1cccc2c1N(Cc1ccc(CO)s1)CCC2. The number of nitrogens with zero attached hydrogens (tertiary/aromatic N) is 1. The fourth-order valence-electron chi connectivity index (χ4n) is 2.80. The van der Waals surface area contributed by atoms with Crippen molar-refractivity contribution >= 4 is 17.0 Å². The highest BCUT2D eigenvalue weighted by Crippen LogP contribution is 2.37. The van der Waals surface area contributed by atoms with Crippen LogP contribution in [0.5, 0.6) is 5.75 Å². The number of fused-ring (bicyclic) bond motifs is 1. The highest BCUT2D eigenvalue weighted by atomic mass is 32.1. The number of hydrogen-bond acceptors (Lipinski definition) is 4. The molecule has 0 unspecified atom stereocenters. The van der Waals surface area contributed by atoms with Crippen LogP contribution in [0.2, 0.25) is 0 Å². The Morgan fingerprint density at radius 1 is 1.25 bits per heavy atom. The van der Waals surface area contributed by atoms with Crippen LogP contribution in [0.3, 0.4) is 0 Å². The molecule has 0 radical (unpaired) electrons. The summed E-state index contributed by atoms with van der Waals surface area (Å²) < 4.78 is 5.53. The van der Waals surface area contributed by atoms with Gasteiger partial charge < -0.3 is 14.7 Å². The van der Waals surface area contributed by atoms with Gasteiger partial charge in [-0.15, -0.1) is 11.3 Å². The van der Waals surface area contributed by atoms with Gasteiger partial charge in [-0.2, -0.15) is 0 Å². The van der Waals surface area contributed by atoms with E-state index in [-0.39, 0.29) is 6.61 Å². The molecule has 1 N–H and O–H groups in total. The highest BCUT2D eigenvalue weighted by Gasteiger charge is 2.21. The van der Waals surface area contributed by atoms with E-state index in [2.05, 4.69) is 23.1 Å². The van der Waals surface area contributed by atoms with Gasteiger partial charge in [-0.25, -0.2) is 0 Å². The summed E-state index contributed by atoms with van der Waals surface area (Å²) in [5.74, 6) is 0.959. The molecule has 0 amide bonds. The molecule has 2 aromatic rings. The Hall–Kier alpha value is -1.52. The molecule has 20 heavy (non-hydrogen) atoms. The van der Waals surface area contributed by atoms with E-state index in [0.29, 0.717) is 0 Å². The molecule has 0 fully saturated rings. The molecule has 1 aromatic heterocycles. The lowest BCUT2D eigenvalue weighted by Gasteiger charge is -2.32. The van der Waals surface area contributed by atoms with Crippen LogP contribution in [-0.2, 0) is 19.6 Å². The quantitative estimate of drug-likeness (QED) is 0.938. The van der Waals surface area contributed by atoms with E-state index >= 15 is 0 Å². The van der Waals surface area contributed by atoms with Crippen molar-refractivity contribution in [1.29, 1.82) is 0 Å². The zero-order valence-corrected chi connectivity index (χ0v) is 12.4. The van der Waals surface area contributed by atoms with E-state index in [4.69, 9.17) is 4.74 Å². The lowest BCUT2D eigenvalue weighted by molar-refractivity contribution is 0.285. The van der Waals surface area contributed by atoms with Crippen LogP contribution < -0.4 is 9.64 Å². The first kappa shape index (κ1) is 13.5. The Kier molecular flexibility index (Phi) is 3.94. The van der Waals surface area contributed by atoms with Crippen molar-refractivity contribution in [3.8, 4) is 5.75 Å². The molecular formula is C16H19NO2S. The molecule has 1 aliphatic rings. The normalized spacial score (nSPS) is 14.2. The number of anilines is 1. The van der Waals surface area contributed by atoms with Gasteiger partial charge in [-0.05, 0) is 36.6 Å². The van der Waals surface area contributed by atoms with E-state index < -0.39 is 0 Å². The molecule has 0 bridgehead atoms. The summed E-state index contributed by atoms with van der Waals surface area (Å²) >= 11 is 1.68. The number of aliphatic hydroxyl groups is 1. The first-order valence-electron chi connectivity index (χ1n) is 6.91. The van der Waals surface area contributed by atoms with Gasteiger partial charge in [0, 0.05) is 16.3 Å². The Balaban J connectivity index is 1.89. The van der Waals surface area contributed by atoms with Gasteiger partial charge in [0.2, 0.25) is 0 Å². The second-order valence-electron chi connectivity index (χ2n) is 5.02. The predicted octanol–water partition coefficient (Wildman–Crippen LogP) is 3.20. The van der Waals surface area contributed by atoms with Crippen molar-refractivity contribution in [3.05, 3.63) is 45.6 Å². The topological polar surface area (TPSA) is 32.7 Å². The van der Waals surface area contributed by atoms with E-state index in [0.717, 1.165) is 30.1 Å². The van der Waals surface area contributed by atoms with Crippen LogP contribution in [0, 0.1) is 0 Å². The van der Waals surface area contributed by atoms with Crippen LogP contribution in [0.25, 0.3) is 0 Å². The minimum Gasteiger partial charge on any atom is -0.495 e. The van der Waals surface area contributed by atoms with Crippen molar-refractivity contribution in [2.45, 2.75) is 26.0 Å². The summed E-state index contributed by atoms with van der Waals surface area (Å²) in [7, 11) is 1.73. The number of ether oxygens (including phenoxy) is 1. The minimum atomic E-state index is 0.130. The number of methoxy groups -OCH3 is 1. The standard InChI is InChI=1S/C16H19NO2S/c1-19-15-6-2-4-12-5-3-9-17(16(12)15)10-13-7-8-14(11-18)20-13/h2,4,6-8,18H,3,5,9-11H2,1H3. The molecular weight excluding hydrogens is 270 g/mol. The zero-order valence-electron chi connectivity index (χ0n) is 11.6.